The summed E-state index contributed by atoms with van der Waals surface area (Å²) >= 11 is 1.71. The number of nitrogens with zero attached hydrogens (tertiary/aromatic N) is 3. The summed E-state index contributed by atoms with van der Waals surface area (Å²) < 4.78 is 0. The summed E-state index contributed by atoms with van der Waals surface area (Å²) in [5.41, 5.74) is 1.33. The highest BCUT2D eigenvalue weighted by Crippen LogP contribution is 2.31. The molecule has 1 aliphatic heterocycles. The second kappa shape index (κ2) is 5.30. The zero-order valence-corrected chi connectivity index (χ0v) is 12.2. The molecule has 5 nitrogen and oxygen atoms in total. The minimum absolute atomic E-state index is 0.850. The first-order chi connectivity index (χ1) is 9.33. The van der Waals surface area contributed by atoms with E-state index in [2.05, 4.69) is 27.8 Å². The van der Waals surface area contributed by atoms with Crippen molar-refractivity contribution >= 4 is 33.3 Å². The van der Waals surface area contributed by atoms with Crippen LogP contribution in [0.4, 0.5) is 11.8 Å². The molecule has 3 rings (SSSR count). The van der Waals surface area contributed by atoms with Gasteiger partial charge in [0.15, 0.2) is 0 Å². The van der Waals surface area contributed by atoms with Gasteiger partial charge >= 0.3 is 0 Å². The van der Waals surface area contributed by atoms with Gasteiger partial charge in [0.1, 0.15) is 10.6 Å². The van der Waals surface area contributed by atoms with Gasteiger partial charge in [-0.1, -0.05) is 6.92 Å². The summed E-state index contributed by atoms with van der Waals surface area (Å²) in [4.78, 5) is 12.8. The number of aromatic nitrogens is 2. The normalized spacial score (nSPS) is 16.0. The molecule has 0 aromatic carbocycles. The monoisotopic (exact) mass is 277 g/mol. The Hall–Kier alpha value is -1.40. The summed E-state index contributed by atoms with van der Waals surface area (Å²) in [6.07, 6.45) is 1.02. The Morgan fingerprint density at radius 3 is 2.84 bits per heavy atom. The molecule has 2 aromatic heterocycles. The SMILES string of the molecule is CCc1csc2nc(N3CCNCC3)nc(NC)c12. The maximum Gasteiger partial charge on any atom is 0.228 e. The van der Waals surface area contributed by atoms with Gasteiger partial charge in [0.2, 0.25) is 5.95 Å². The van der Waals surface area contributed by atoms with Crippen molar-refractivity contribution in [2.45, 2.75) is 13.3 Å². The van der Waals surface area contributed by atoms with E-state index in [0.29, 0.717) is 0 Å². The van der Waals surface area contributed by atoms with E-state index >= 15 is 0 Å². The number of nitrogens with one attached hydrogen (secondary N) is 2. The van der Waals surface area contributed by atoms with Crippen LogP contribution >= 0.6 is 11.3 Å². The molecule has 0 aliphatic carbocycles. The van der Waals surface area contributed by atoms with E-state index in [1.54, 1.807) is 11.3 Å². The minimum Gasteiger partial charge on any atom is -0.372 e. The number of hydrogen-bond donors (Lipinski definition) is 2. The van der Waals surface area contributed by atoms with Crippen molar-refractivity contribution in [1.82, 2.24) is 15.3 Å². The van der Waals surface area contributed by atoms with E-state index < -0.39 is 0 Å². The molecule has 0 unspecified atom stereocenters. The number of anilines is 2. The Labute approximate surface area is 117 Å². The van der Waals surface area contributed by atoms with E-state index in [0.717, 1.165) is 49.2 Å². The molecule has 0 saturated carbocycles. The second-order valence-corrected chi connectivity index (χ2v) is 5.51. The van der Waals surface area contributed by atoms with Crippen molar-refractivity contribution in [3.05, 3.63) is 10.9 Å². The van der Waals surface area contributed by atoms with Gasteiger partial charge in [0.25, 0.3) is 0 Å². The van der Waals surface area contributed by atoms with E-state index in [9.17, 15) is 0 Å². The first-order valence-electron chi connectivity index (χ1n) is 6.75. The predicted octanol–water partition coefficient (Wildman–Crippen LogP) is 1.70. The summed E-state index contributed by atoms with van der Waals surface area (Å²) in [6, 6.07) is 0. The summed E-state index contributed by atoms with van der Waals surface area (Å²) in [5.74, 6) is 1.81. The van der Waals surface area contributed by atoms with Gasteiger partial charge in [-0.2, -0.15) is 4.98 Å². The second-order valence-electron chi connectivity index (χ2n) is 4.65. The van der Waals surface area contributed by atoms with Crippen molar-refractivity contribution in [2.75, 3.05) is 43.4 Å². The van der Waals surface area contributed by atoms with Crippen molar-refractivity contribution in [3.8, 4) is 0 Å². The average molecular weight is 277 g/mol. The maximum atomic E-state index is 4.74. The van der Waals surface area contributed by atoms with Crippen LogP contribution in [-0.4, -0.2) is 43.2 Å². The van der Waals surface area contributed by atoms with Crippen LogP contribution < -0.4 is 15.5 Å². The highest BCUT2D eigenvalue weighted by Gasteiger charge is 2.17. The third-order valence-corrected chi connectivity index (χ3v) is 4.44. The Morgan fingerprint density at radius 1 is 1.37 bits per heavy atom. The lowest BCUT2D eigenvalue weighted by molar-refractivity contribution is 0.581. The van der Waals surface area contributed by atoms with Crippen LogP contribution in [0.25, 0.3) is 10.2 Å². The van der Waals surface area contributed by atoms with Crippen LogP contribution in [0.2, 0.25) is 0 Å². The Morgan fingerprint density at radius 2 is 2.16 bits per heavy atom. The molecule has 19 heavy (non-hydrogen) atoms. The molecule has 102 valence electrons. The molecule has 0 amide bonds. The van der Waals surface area contributed by atoms with Crippen LogP contribution in [0, 0.1) is 0 Å². The third-order valence-electron chi connectivity index (χ3n) is 3.52. The Balaban J connectivity index is 2.07. The number of fused-ring (bicyclic) bond motifs is 1. The predicted molar refractivity (Wildman–Crippen MR) is 81.4 cm³/mol. The molecular weight excluding hydrogens is 258 g/mol. The molecule has 0 bridgehead atoms. The van der Waals surface area contributed by atoms with E-state index in [4.69, 9.17) is 9.97 Å². The summed E-state index contributed by atoms with van der Waals surface area (Å²) in [6.45, 7) is 6.12. The van der Waals surface area contributed by atoms with E-state index in [1.807, 2.05) is 7.05 Å². The van der Waals surface area contributed by atoms with Crippen LogP contribution in [-0.2, 0) is 6.42 Å². The van der Waals surface area contributed by atoms with Gasteiger partial charge in [0, 0.05) is 33.2 Å². The standard InChI is InChI=1S/C13H19N5S/c1-3-9-8-19-12-10(9)11(14-2)16-13(17-12)18-6-4-15-5-7-18/h8,15H,3-7H2,1-2H3,(H,14,16,17). The van der Waals surface area contributed by atoms with E-state index in [1.165, 1.54) is 10.9 Å². The fourth-order valence-corrected chi connectivity index (χ4v) is 3.46. The quantitative estimate of drug-likeness (QED) is 0.894. The topological polar surface area (TPSA) is 53.1 Å². The van der Waals surface area contributed by atoms with E-state index in [-0.39, 0.29) is 0 Å². The van der Waals surface area contributed by atoms with Gasteiger partial charge in [-0.05, 0) is 17.4 Å². The number of piperazine rings is 1. The van der Waals surface area contributed by atoms with Gasteiger partial charge < -0.3 is 15.5 Å². The third kappa shape index (κ3) is 2.26. The molecule has 1 aliphatic rings. The van der Waals surface area contributed by atoms with Crippen LogP contribution in [0.5, 0.6) is 0 Å². The molecule has 0 atom stereocenters. The highest BCUT2D eigenvalue weighted by atomic mass is 32.1. The van der Waals surface area contributed by atoms with Crippen LogP contribution in [0.1, 0.15) is 12.5 Å². The van der Waals surface area contributed by atoms with Crippen molar-refractivity contribution < 1.29 is 0 Å². The molecule has 0 spiro atoms. The molecule has 1 saturated heterocycles. The fourth-order valence-electron chi connectivity index (χ4n) is 2.44. The Bertz CT molecular complexity index is 574. The van der Waals surface area contributed by atoms with Gasteiger partial charge in [-0.25, -0.2) is 4.98 Å². The molecule has 2 aromatic rings. The molecule has 3 heterocycles. The van der Waals surface area contributed by atoms with Crippen molar-refractivity contribution in [3.63, 3.8) is 0 Å². The number of aryl methyl sites for hydroxylation is 1. The number of hydrogen-bond acceptors (Lipinski definition) is 6. The lowest BCUT2D eigenvalue weighted by atomic mass is 10.2. The maximum absolute atomic E-state index is 4.74. The lowest BCUT2D eigenvalue weighted by Crippen LogP contribution is -2.44. The summed E-state index contributed by atoms with van der Waals surface area (Å²) in [5, 5.41) is 9.96. The van der Waals surface area contributed by atoms with Crippen molar-refractivity contribution in [1.29, 1.82) is 0 Å². The average Bonchev–Trinajstić information content (AvgIpc) is 2.90. The summed E-state index contributed by atoms with van der Waals surface area (Å²) in [7, 11) is 1.93. The Kier molecular flexibility index (Phi) is 3.52. The van der Waals surface area contributed by atoms with Gasteiger partial charge in [-0.15, -0.1) is 11.3 Å². The zero-order chi connectivity index (χ0) is 13.2. The highest BCUT2D eigenvalue weighted by molar-refractivity contribution is 7.17. The van der Waals surface area contributed by atoms with Crippen LogP contribution in [0.3, 0.4) is 0 Å². The van der Waals surface area contributed by atoms with Gasteiger partial charge in [-0.3, -0.25) is 0 Å². The molecule has 1 fully saturated rings. The number of rotatable bonds is 3. The zero-order valence-electron chi connectivity index (χ0n) is 11.4. The number of thiophene rings is 1. The largest absolute Gasteiger partial charge is 0.372 e. The smallest absolute Gasteiger partial charge is 0.228 e. The first kappa shape index (κ1) is 12.6. The minimum atomic E-state index is 0.850. The van der Waals surface area contributed by atoms with Gasteiger partial charge in [0.05, 0.1) is 5.39 Å². The first-order valence-corrected chi connectivity index (χ1v) is 7.63. The molecule has 0 radical (unpaired) electrons. The lowest BCUT2D eigenvalue weighted by Gasteiger charge is -2.27. The molecule has 2 N–H and O–H groups in total. The molecular formula is C13H19N5S. The van der Waals surface area contributed by atoms with Crippen LogP contribution in [0.15, 0.2) is 5.38 Å². The fraction of sp³-hybridized carbons (Fsp3) is 0.538. The molecule has 6 heteroatoms. The van der Waals surface area contributed by atoms with Crippen molar-refractivity contribution in [2.24, 2.45) is 0 Å².